The number of ether oxygens (including phenoxy) is 3. The van der Waals surface area contributed by atoms with Crippen LogP contribution in [-0.4, -0.2) is 50.3 Å². The van der Waals surface area contributed by atoms with Gasteiger partial charge >= 0.3 is 0 Å². The van der Waals surface area contributed by atoms with E-state index in [9.17, 15) is 14.4 Å². The lowest BCUT2D eigenvalue weighted by atomic mass is 10.1. The van der Waals surface area contributed by atoms with Crippen LogP contribution in [0.5, 0.6) is 17.2 Å². The van der Waals surface area contributed by atoms with E-state index in [4.69, 9.17) is 14.2 Å². The maximum absolute atomic E-state index is 13.0. The number of para-hydroxylation sites is 1. The highest BCUT2D eigenvalue weighted by Gasteiger charge is 2.42. The molecule has 2 heterocycles. The second-order valence-corrected chi connectivity index (χ2v) is 6.43. The first-order chi connectivity index (χ1) is 14.0. The lowest BCUT2D eigenvalue weighted by Crippen LogP contribution is -2.34. The normalized spacial score (nSPS) is 13.0. The van der Waals surface area contributed by atoms with Crippen molar-refractivity contribution in [1.29, 1.82) is 0 Å². The molecule has 0 unspecified atom stereocenters. The van der Waals surface area contributed by atoms with E-state index in [1.54, 1.807) is 6.20 Å². The Bertz CT molecular complexity index is 1160. The van der Waals surface area contributed by atoms with Gasteiger partial charge in [0.1, 0.15) is 0 Å². The Morgan fingerprint density at radius 3 is 2.45 bits per heavy atom. The smallest absolute Gasteiger partial charge is 0.300 e. The summed E-state index contributed by atoms with van der Waals surface area (Å²) in [6, 6.07) is 8.86. The highest BCUT2D eigenvalue weighted by molar-refractivity contribution is 6.53. The fourth-order valence-electron chi connectivity index (χ4n) is 3.60. The molecule has 0 saturated heterocycles. The predicted octanol–water partition coefficient (Wildman–Crippen LogP) is 2.61. The molecule has 8 heteroatoms. The highest BCUT2D eigenvalue weighted by Crippen LogP contribution is 2.48. The molecule has 1 amide bonds. The molecule has 1 aliphatic rings. The number of benzene rings is 2. The molecule has 8 nitrogen and oxygen atoms in total. The highest BCUT2D eigenvalue weighted by atomic mass is 16.5. The second-order valence-electron chi connectivity index (χ2n) is 6.43. The molecule has 3 aromatic rings. The Balaban J connectivity index is 1.78. The van der Waals surface area contributed by atoms with Crippen LogP contribution in [-0.2, 0) is 4.79 Å². The van der Waals surface area contributed by atoms with Crippen LogP contribution in [0.25, 0.3) is 10.9 Å². The van der Waals surface area contributed by atoms with E-state index in [0.717, 1.165) is 15.8 Å². The van der Waals surface area contributed by atoms with Crippen molar-refractivity contribution < 1.29 is 28.6 Å². The van der Waals surface area contributed by atoms with Crippen LogP contribution in [0.15, 0.2) is 36.5 Å². The lowest BCUT2D eigenvalue weighted by Gasteiger charge is -2.19. The fraction of sp³-hybridized carbons (Fsp3) is 0.190. The summed E-state index contributed by atoms with van der Waals surface area (Å²) in [5, 5.41) is 0.751. The van der Waals surface area contributed by atoms with Gasteiger partial charge in [-0.15, -0.1) is 0 Å². The molecule has 0 saturated carbocycles. The monoisotopic (exact) mass is 394 g/mol. The first-order valence-electron chi connectivity index (χ1n) is 8.80. The third-order valence-corrected chi connectivity index (χ3v) is 4.96. The van der Waals surface area contributed by atoms with Crippen molar-refractivity contribution >= 4 is 34.1 Å². The molecule has 29 heavy (non-hydrogen) atoms. The van der Waals surface area contributed by atoms with E-state index >= 15 is 0 Å². The molecular formula is C21H18N2O6. The van der Waals surface area contributed by atoms with Crippen molar-refractivity contribution in [1.82, 2.24) is 4.98 Å². The zero-order valence-electron chi connectivity index (χ0n) is 16.1. The molecule has 0 bridgehead atoms. The molecule has 0 aliphatic carbocycles. The number of anilines is 1. The molecule has 4 rings (SSSR count). The zero-order chi connectivity index (χ0) is 20.7. The largest absolute Gasteiger partial charge is 0.493 e. The van der Waals surface area contributed by atoms with E-state index in [-0.39, 0.29) is 40.8 Å². The Morgan fingerprint density at radius 1 is 1.03 bits per heavy atom. The summed E-state index contributed by atoms with van der Waals surface area (Å²) >= 11 is 0. The van der Waals surface area contributed by atoms with Gasteiger partial charge in [-0.25, -0.2) is 0 Å². The number of fused-ring (bicyclic) bond motifs is 2. The molecule has 0 spiro atoms. The number of carbonyl (C=O) groups excluding carboxylic acids is 3. The molecule has 0 fully saturated rings. The molecule has 148 valence electrons. The van der Waals surface area contributed by atoms with Crippen LogP contribution in [0, 0.1) is 0 Å². The van der Waals surface area contributed by atoms with Crippen LogP contribution < -0.4 is 19.1 Å². The standard InChI is InChI=1S/C21H18N2O6/c1-27-16-8-14-17(20(29-3)19(16)28-2)18(25)21(26)23(14)10-15(24)12-9-22-13-7-5-4-6-11(12)13/h4-9,22H,10H2,1-3H3. The van der Waals surface area contributed by atoms with Crippen molar-refractivity contribution in [2.45, 2.75) is 0 Å². The van der Waals surface area contributed by atoms with Gasteiger partial charge in [0, 0.05) is 28.7 Å². The van der Waals surface area contributed by atoms with Gasteiger partial charge < -0.3 is 19.2 Å². The van der Waals surface area contributed by atoms with Gasteiger partial charge in [0.25, 0.3) is 11.7 Å². The average Bonchev–Trinajstić information content (AvgIpc) is 3.27. The van der Waals surface area contributed by atoms with Gasteiger partial charge in [-0.05, 0) is 6.07 Å². The van der Waals surface area contributed by atoms with Gasteiger partial charge in [-0.3, -0.25) is 19.3 Å². The molecule has 1 aliphatic heterocycles. The second kappa shape index (κ2) is 6.97. The summed E-state index contributed by atoms with van der Waals surface area (Å²) in [7, 11) is 4.21. The van der Waals surface area contributed by atoms with Gasteiger partial charge in [0.2, 0.25) is 5.75 Å². The Labute approximate surface area is 166 Å². The number of aromatic amines is 1. The zero-order valence-corrected chi connectivity index (χ0v) is 16.1. The minimum atomic E-state index is -0.804. The lowest BCUT2D eigenvalue weighted by molar-refractivity contribution is -0.114. The summed E-state index contributed by atoms with van der Waals surface area (Å²) in [5.41, 5.74) is 1.57. The maximum atomic E-state index is 13.0. The number of H-pyrrole nitrogens is 1. The summed E-state index contributed by atoms with van der Waals surface area (Å²) < 4.78 is 15.9. The van der Waals surface area contributed by atoms with Crippen molar-refractivity contribution in [3.05, 3.63) is 47.7 Å². The van der Waals surface area contributed by atoms with Crippen LogP contribution in [0.4, 0.5) is 5.69 Å². The fourth-order valence-corrected chi connectivity index (χ4v) is 3.60. The first-order valence-corrected chi connectivity index (χ1v) is 8.80. The third-order valence-electron chi connectivity index (χ3n) is 4.96. The predicted molar refractivity (Wildman–Crippen MR) is 105 cm³/mol. The van der Waals surface area contributed by atoms with Crippen molar-refractivity contribution in [2.75, 3.05) is 32.8 Å². The topological polar surface area (TPSA) is 97.9 Å². The van der Waals surface area contributed by atoms with Crippen LogP contribution in [0.1, 0.15) is 20.7 Å². The Hall–Kier alpha value is -3.81. The number of aromatic nitrogens is 1. The third kappa shape index (κ3) is 2.72. The number of nitrogens with one attached hydrogen (secondary N) is 1. The number of hydrogen-bond acceptors (Lipinski definition) is 6. The number of carbonyl (C=O) groups is 3. The first kappa shape index (κ1) is 18.5. The minimum Gasteiger partial charge on any atom is -0.493 e. The summed E-state index contributed by atoms with van der Waals surface area (Å²) in [6.45, 7) is -0.294. The summed E-state index contributed by atoms with van der Waals surface area (Å²) in [6.07, 6.45) is 1.60. The summed E-state index contributed by atoms with van der Waals surface area (Å²) in [5.74, 6) is -1.27. The average molecular weight is 394 g/mol. The van der Waals surface area contributed by atoms with Crippen molar-refractivity contribution in [3.8, 4) is 17.2 Å². The van der Waals surface area contributed by atoms with Gasteiger partial charge in [-0.1, -0.05) is 18.2 Å². The molecule has 0 atom stereocenters. The molecule has 1 N–H and O–H groups in total. The number of methoxy groups -OCH3 is 3. The molecule has 2 aromatic carbocycles. The minimum absolute atomic E-state index is 0.0573. The van der Waals surface area contributed by atoms with Crippen molar-refractivity contribution in [2.24, 2.45) is 0 Å². The molecular weight excluding hydrogens is 376 g/mol. The van der Waals surface area contributed by atoms with E-state index in [1.807, 2.05) is 24.3 Å². The Kier molecular flexibility index (Phi) is 4.46. The van der Waals surface area contributed by atoms with E-state index in [1.165, 1.54) is 27.4 Å². The quantitative estimate of drug-likeness (QED) is 0.510. The number of hydrogen-bond donors (Lipinski definition) is 1. The Morgan fingerprint density at radius 2 is 1.76 bits per heavy atom. The number of amides is 1. The van der Waals surface area contributed by atoms with Gasteiger partial charge in [0.05, 0.1) is 39.1 Å². The SMILES string of the molecule is COc1cc2c(c(OC)c1OC)C(=O)C(=O)N2CC(=O)c1c[nH]c2ccccc12. The van der Waals surface area contributed by atoms with E-state index in [2.05, 4.69) is 4.98 Å². The van der Waals surface area contributed by atoms with Crippen molar-refractivity contribution in [3.63, 3.8) is 0 Å². The number of Topliss-reactive ketones (excluding diaryl/α,β-unsaturated/α-hetero) is 2. The van der Waals surface area contributed by atoms with Crippen LogP contribution >= 0.6 is 0 Å². The van der Waals surface area contributed by atoms with Crippen LogP contribution in [0.3, 0.4) is 0 Å². The maximum Gasteiger partial charge on any atom is 0.300 e. The molecule has 1 aromatic heterocycles. The van der Waals surface area contributed by atoms with Gasteiger partial charge in [0.15, 0.2) is 17.3 Å². The number of rotatable bonds is 6. The number of nitrogens with zero attached hydrogens (tertiary/aromatic N) is 1. The molecule has 0 radical (unpaired) electrons. The van der Waals surface area contributed by atoms with E-state index < -0.39 is 11.7 Å². The van der Waals surface area contributed by atoms with Gasteiger partial charge in [-0.2, -0.15) is 0 Å². The van der Waals surface area contributed by atoms with E-state index in [0.29, 0.717) is 5.56 Å². The number of ketones is 2. The van der Waals surface area contributed by atoms with Crippen LogP contribution in [0.2, 0.25) is 0 Å². The summed E-state index contributed by atoms with van der Waals surface area (Å²) in [4.78, 5) is 42.5.